The third kappa shape index (κ3) is 4.44. The molecule has 23 heavy (non-hydrogen) atoms. The smallest absolute Gasteiger partial charge is 0.238 e. The summed E-state index contributed by atoms with van der Waals surface area (Å²) >= 11 is 6.17. The Morgan fingerprint density at radius 2 is 2.13 bits per heavy atom. The van der Waals surface area contributed by atoms with E-state index >= 15 is 0 Å². The second kappa shape index (κ2) is 7.62. The van der Waals surface area contributed by atoms with Gasteiger partial charge >= 0.3 is 0 Å². The maximum atomic E-state index is 12.2. The summed E-state index contributed by atoms with van der Waals surface area (Å²) < 4.78 is 0. The van der Waals surface area contributed by atoms with Crippen molar-refractivity contribution in [3.63, 3.8) is 0 Å². The second-order valence-electron chi connectivity index (χ2n) is 6.49. The summed E-state index contributed by atoms with van der Waals surface area (Å²) in [6, 6.07) is 6.36. The molecular formula is C17H25ClN4O. The van der Waals surface area contributed by atoms with E-state index in [9.17, 15) is 4.79 Å². The van der Waals surface area contributed by atoms with Gasteiger partial charge in [-0.05, 0) is 37.6 Å². The average Bonchev–Trinajstić information content (AvgIpc) is 3.05. The number of rotatable bonds is 4. The number of halogens is 1. The van der Waals surface area contributed by atoms with Gasteiger partial charge in [0.25, 0.3) is 0 Å². The summed E-state index contributed by atoms with van der Waals surface area (Å²) in [5.41, 5.74) is 1.78. The van der Waals surface area contributed by atoms with Gasteiger partial charge in [0.05, 0.1) is 17.3 Å². The third-order valence-corrected chi connectivity index (χ3v) is 5.04. The molecule has 126 valence electrons. The Bertz CT molecular complexity index is 552. The molecular weight excluding hydrogens is 312 g/mol. The molecule has 1 amide bonds. The van der Waals surface area contributed by atoms with Crippen LogP contribution in [0.25, 0.3) is 0 Å². The lowest BCUT2D eigenvalue weighted by Gasteiger charge is -2.37. The number of hydrogen-bond donors (Lipinski definition) is 2. The summed E-state index contributed by atoms with van der Waals surface area (Å²) in [6.07, 6.45) is 1.24. The van der Waals surface area contributed by atoms with E-state index < -0.39 is 0 Å². The molecule has 0 aromatic heterocycles. The number of anilines is 1. The van der Waals surface area contributed by atoms with E-state index in [1.807, 2.05) is 25.1 Å². The van der Waals surface area contributed by atoms with Crippen molar-refractivity contribution in [3.8, 4) is 0 Å². The number of hydrogen-bond acceptors (Lipinski definition) is 4. The van der Waals surface area contributed by atoms with Crippen molar-refractivity contribution in [2.45, 2.75) is 19.4 Å². The first-order chi connectivity index (χ1) is 11.1. The minimum atomic E-state index is 0.00624. The lowest BCUT2D eigenvalue weighted by Crippen LogP contribution is -2.52. The highest BCUT2D eigenvalue weighted by atomic mass is 35.5. The van der Waals surface area contributed by atoms with Gasteiger partial charge < -0.3 is 10.6 Å². The van der Waals surface area contributed by atoms with Crippen LogP contribution in [0.5, 0.6) is 0 Å². The fourth-order valence-corrected chi connectivity index (χ4v) is 3.63. The van der Waals surface area contributed by atoms with Crippen molar-refractivity contribution in [3.05, 3.63) is 28.8 Å². The van der Waals surface area contributed by atoms with Crippen LogP contribution in [0.1, 0.15) is 12.0 Å². The first-order valence-corrected chi connectivity index (χ1v) is 8.73. The molecule has 0 saturated carbocycles. The Hall–Kier alpha value is -1.14. The molecule has 1 atom stereocenters. The zero-order chi connectivity index (χ0) is 16.2. The highest BCUT2D eigenvalue weighted by Crippen LogP contribution is 2.22. The monoisotopic (exact) mass is 336 g/mol. The summed E-state index contributed by atoms with van der Waals surface area (Å²) in [5, 5.41) is 6.93. The van der Waals surface area contributed by atoms with E-state index in [4.69, 9.17) is 11.6 Å². The molecule has 2 N–H and O–H groups in total. The van der Waals surface area contributed by atoms with E-state index in [2.05, 4.69) is 20.4 Å². The maximum absolute atomic E-state index is 12.2. The summed E-state index contributed by atoms with van der Waals surface area (Å²) in [4.78, 5) is 17.0. The SMILES string of the molecule is Cc1ccc(NC(=O)CN2CCN(C3CCNC3)CC2)c(Cl)c1. The standard InChI is InChI=1S/C17H25ClN4O/c1-13-2-3-16(15(18)10-13)20-17(23)12-21-6-8-22(9-7-21)14-4-5-19-11-14/h2-3,10,14,19H,4-9,11-12H2,1H3,(H,20,23). The summed E-state index contributed by atoms with van der Waals surface area (Å²) in [7, 11) is 0. The predicted molar refractivity (Wildman–Crippen MR) is 94.1 cm³/mol. The maximum Gasteiger partial charge on any atom is 0.238 e. The van der Waals surface area contributed by atoms with Crippen LogP contribution < -0.4 is 10.6 Å². The number of nitrogens with zero attached hydrogens (tertiary/aromatic N) is 2. The van der Waals surface area contributed by atoms with Gasteiger partial charge in [0.2, 0.25) is 5.91 Å². The Labute approximate surface area is 143 Å². The number of amides is 1. The molecule has 0 aliphatic carbocycles. The van der Waals surface area contributed by atoms with Gasteiger partial charge in [-0.25, -0.2) is 0 Å². The van der Waals surface area contributed by atoms with Gasteiger partial charge in [0.15, 0.2) is 0 Å². The van der Waals surface area contributed by atoms with Gasteiger partial charge in [-0.1, -0.05) is 17.7 Å². The quantitative estimate of drug-likeness (QED) is 0.876. The largest absolute Gasteiger partial charge is 0.324 e. The molecule has 1 aromatic rings. The van der Waals surface area contributed by atoms with Crippen LogP contribution in [0.15, 0.2) is 18.2 Å². The molecule has 2 fully saturated rings. The molecule has 2 heterocycles. The van der Waals surface area contributed by atoms with Crippen molar-refractivity contribution < 1.29 is 4.79 Å². The van der Waals surface area contributed by atoms with Crippen molar-refractivity contribution in [1.82, 2.24) is 15.1 Å². The van der Waals surface area contributed by atoms with Crippen molar-refractivity contribution in [1.29, 1.82) is 0 Å². The third-order valence-electron chi connectivity index (χ3n) is 4.72. The van der Waals surface area contributed by atoms with E-state index in [1.165, 1.54) is 6.42 Å². The molecule has 0 radical (unpaired) electrons. The zero-order valence-electron chi connectivity index (χ0n) is 13.6. The molecule has 1 aromatic carbocycles. The van der Waals surface area contributed by atoms with E-state index in [0.717, 1.165) is 44.8 Å². The van der Waals surface area contributed by atoms with Crippen LogP contribution in [-0.2, 0) is 4.79 Å². The molecule has 1 unspecified atom stereocenters. The highest BCUT2D eigenvalue weighted by Gasteiger charge is 2.26. The lowest BCUT2D eigenvalue weighted by molar-refractivity contribution is -0.117. The first-order valence-electron chi connectivity index (χ1n) is 8.35. The van der Waals surface area contributed by atoms with Crippen LogP contribution >= 0.6 is 11.6 Å². The number of benzene rings is 1. The number of nitrogens with one attached hydrogen (secondary N) is 2. The Morgan fingerprint density at radius 3 is 2.78 bits per heavy atom. The highest BCUT2D eigenvalue weighted by molar-refractivity contribution is 6.33. The molecule has 5 nitrogen and oxygen atoms in total. The first kappa shape index (κ1) is 16.7. The Morgan fingerprint density at radius 1 is 1.35 bits per heavy atom. The lowest BCUT2D eigenvalue weighted by atomic mass is 10.2. The van der Waals surface area contributed by atoms with Crippen LogP contribution in [-0.4, -0.2) is 67.6 Å². The predicted octanol–water partition coefficient (Wildman–Crippen LogP) is 1.57. The van der Waals surface area contributed by atoms with Gasteiger partial charge in [-0.2, -0.15) is 0 Å². The fourth-order valence-electron chi connectivity index (χ4n) is 3.35. The number of carbonyl (C=O) groups excluding carboxylic acids is 1. The molecule has 3 rings (SSSR count). The van der Waals surface area contributed by atoms with Gasteiger partial charge in [-0.3, -0.25) is 14.6 Å². The summed E-state index contributed by atoms with van der Waals surface area (Å²) in [5.74, 6) is 0.00624. The van der Waals surface area contributed by atoms with Crippen LogP contribution in [0.2, 0.25) is 5.02 Å². The molecule has 0 bridgehead atoms. The Kier molecular flexibility index (Phi) is 5.54. The normalized spacial score (nSPS) is 23.1. The van der Waals surface area contributed by atoms with Gasteiger partial charge in [-0.15, -0.1) is 0 Å². The molecule has 2 aliphatic rings. The van der Waals surface area contributed by atoms with Gasteiger partial charge in [0.1, 0.15) is 0 Å². The molecule has 2 saturated heterocycles. The van der Waals surface area contributed by atoms with Crippen molar-refractivity contribution in [2.75, 3.05) is 51.1 Å². The average molecular weight is 337 g/mol. The van der Waals surface area contributed by atoms with Gasteiger partial charge in [0, 0.05) is 38.8 Å². The van der Waals surface area contributed by atoms with Crippen molar-refractivity contribution >= 4 is 23.2 Å². The van der Waals surface area contributed by atoms with E-state index in [-0.39, 0.29) is 5.91 Å². The van der Waals surface area contributed by atoms with Crippen molar-refractivity contribution in [2.24, 2.45) is 0 Å². The molecule has 0 spiro atoms. The zero-order valence-corrected chi connectivity index (χ0v) is 14.4. The fraction of sp³-hybridized carbons (Fsp3) is 0.588. The minimum absolute atomic E-state index is 0.00624. The van der Waals surface area contributed by atoms with E-state index in [0.29, 0.717) is 23.3 Å². The second-order valence-corrected chi connectivity index (χ2v) is 6.90. The molecule has 2 aliphatic heterocycles. The topological polar surface area (TPSA) is 47.6 Å². The van der Waals surface area contributed by atoms with Crippen LogP contribution in [0.4, 0.5) is 5.69 Å². The number of carbonyl (C=O) groups is 1. The molecule has 6 heteroatoms. The Balaban J connectivity index is 1.45. The summed E-state index contributed by atoms with van der Waals surface area (Å²) in [6.45, 7) is 8.64. The minimum Gasteiger partial charge on any atom is -0.324 e. The van der Waals surface area contributed by atoms with Crippen LogP contribution in [0.3, 0.4) is 0 Å². The van der Waals surface area contributed by atoms with E-state index in [1.54, 1.807) is 0 Å². The number of aryl methyl sites for hydroxylation is 1. The van der Waals surface area contributed by atoms with Crippen LogP contribution in [0, 0.1) is 6.92 Å². The number of piperazine rings is 1.